The average molecular weight is 873 g/mol. The molecule has 2 nitrogen and oxygen atoms in total. The highest BCUT2D eigenvalue weighted by Gasteiger charge is 2.47. The van der Waals surface area contributed by atoms with Crippen LogP contribution in [0.5, 0.6) is 0 Å². The summed E-state index contributed by atoms with van der Waals surface area (Å²) in [6.45, 7) is 42.8. The van der Waals surface area contributed by atoms with Crippen molar-refractivity contribution in [3.8, 4) is 11.1 Å². The first kappa shape index (κ1) is 46.1. The van der Waals surface area contributed by atoms with Crippen molar-refractivity contribution in [2.45, 2.75) is 176 Å². The van der Waals surface area contributed by atoms with Crippen LogP contribution in [-0.4, -0.2) is 6.71 Å². The van der Waals surface area contributed by atoms with Crippen molar-refractivity contribution >= 4 is 57.2 Å². The van der Waals surface area contributed by atoms with E-state index in [0.717, 1.165) is 0 Å². The predicted octanol–water partition coefficient (Wildman–Crippen LogP) is 16.1. The molecule has 66 heavy (non-hydrogen) atoms. The van der Waals surface area contributed by atoms with Gasteiger partial charge in [0.05, 0.1) is 5.69 Å². The minimum atomic E-state index is -0.0251. The van der Waals surface area contributed by atoms with Crippen LogP contribution in [0.25, 0.3) is 11.1 Å². The Labute approximate surface area is 400 Å². The summed E-state index contributed by atoms with van der Waals surface area (Å²) >= 11 is 0. The van der Waals surface area contributed by atoms with Crippen LogP contribution in [0.4, 0.5) is 34.1 Å². The highest BCUT2D eigenvalue weighted by Crippen LogP contribution is 2.52. The third-order valence-electron chi connectivity index (χ3n) is 15.7. The lowest BCUT2D eigenvalue weighted by Crippen LogP contribution is -2.62. The second kappa shape index (κ2) is 15.2. The maximum atomic E-state index is 2.72. The van der Waals surface area contributed by atoms with Crippen molar-refractivity contribution in [3.63, 3.8) is 0 Å². The van der Waals surface area contributed by atoms with E-state index in [1.165, 1.54) is 113 Å². The van der Waals surface area contributed by atoms with Gasteiger partial charge in [0.1, 0.15) is 0 Å². The third-order valence-corrected chi connectivity index (χ3v) is 15.7. The zero-order chi connectivity index (χ0) is 47.8. The highest BCUT2D eigenvalue weighted by atomic mass is 15.2. The molecule has 0 unspecified atom stereocenters. The molecule has 3 heteroatoms. The van der Waals surface area contributed by atoms with Gasteiger partial charge in [0.2, 0.25) is 0 Å². The molecule has 2 aliphatic heterocycles. The lowest BCUT2D eigenvalue weighted by Gasteiger charge is -2.48. The van der Waals surface area contributed by atoms with Gasteiger partial charge in [0.25, 0.3) is 6.71 Å². The normalized spacial score (nSPS) is 16.5. The van der Waals surface area contributed by atoms with E-state index in [1.807, 2.05) is 0 Å². The van der Waals surface area contributed by atoms with Crippen LogP contribution >= 0.6 is 0 Å². The van der Waals surface area contributed by atoms with Crippen molar-refractivity contribution in [3.05, 3.63) is 148 Å². The maximum Gasteiger partial charge on any atom is 0.252 e. The van der Waals surface area contributed by atoms with E-state index in [0.29, 0.717) is 5.92 Å². The average Bonchev–Trinajstić information content (AvgIpc) is 3.23. The van der Waals surface area contributed by atoms with E-state index in [-0.39, 0.29) is 39.2 Å². The maximum absolute atomic E-state index is 2.72. The summed E-state index contributed by atoms with van der Waals surface area (Å²) in [7, 11) is 0. The molecule has 6 aromatic carbocycles. The summed E-state index contributed by atoms with van der Waals surface area (Å²) in [5.74, 6) is 0.317. The Kier molecular flexibility index (Phi) is 10.7. The molecule has 0 saturated carbocycles. The van der Waals surface area contributed by atoms with Crippen LogP contribution in [0.15, 0.2) is 109 Å². The lowest BCUT2D eigenvalue weighted by atomic mass is 9.33. The standard InChI is InChI=1S/C63H77BN2/c1-39(2)41-33-55-57-56(34-41)66(52-28-24-44(60(9,10)11)35-47(52)40-20-19-21-43(32-40)59(6,7)8)54-38-49-48(62(15,16)30-31-63(49,17)18)37-51(54)64(57)50-36-45(61(12,13)14)25-29-53(50)65(55)46-26-22-42(23-27-46)58(3,4)5/h19-29,32-39H,30-31H2,1-18H3. The summed E-state index contributed by atoms with van der Waals surface area (Å²) in [6.07, 6.45) is 2.34. The van der Waals surface area contributed by atoms with Crippen molar-refractivity contribution < 1.29 is 0 Å². The largest absolute Gasteiger partial charge is 0.311 e. The van der Waals surface area contributed by atoms with Gasteiger partial charge in [-0.25, -0.2) is 0 Å². The van der Waals surface area contributed by atoms with Crippen LogP contribution in [0.2, 0.25) is 0 Å². The number of nitrogens with zero attached hydrogens (tertiary/aromatic N) is 2. The molecule has 0 spiro atoms. The third kappa shape index (κ3) is 7.75. The first-order chi connectivity index (χ1) is 30.6. The van der Waals surface area contributed by atoms with E-state index < -0.39 is 0 Å². The fourth-order valence-corrected chi connectivity index (χ4v) is 11.1. The van der Waals surface area contributed by atoms with Gasteiger partial charge in [-0.3, -0.25) is 0 Å². The molecule has 0 N–H and O–H groups in total. The fraction of sp³-hybridized carbons (Fsp3) is 0.429. The first-order valence-electron chi connectivity index (χ1n) is 25.0. The Morgan fingerprint density at radius 3 is 1.50 bits per heavy atom. The molecular weight excluding hydrogens is 796 g/mol. The summed E-state index contributed by atoms with van der Waals surface area (Å²) in [5, 5.41) is 0. The molecular formula is C63H77BN2. The molecule has 2 heterocycles. The molecule has 6 aromatic rings. The Hall–Kier alpha value is -5.02. The fourth-order valence-electron chi connectivity index (χ4n) is 11.1. The van der Waals surface area contributed by atoms with Gasteiger partial charge in [0.15, 0.2) is 0 Å². The number of hydrogen-bond donors (Lipinski definition) is 0. The van der Waals surface area contributed by atoms with Gasteiger partial charge in [0, 0.05) is 34.0 Å². The number of anilines is 6. The number of hydrogen-bond acceptors (Lipinski definition) is 2. The van der Waals surface area contributed by atoms with E-state index >= 15 is 0 Å². The van der Waals surface area contributed by atoms with Gasteiger partial charge >= 0.3 is 0 Å². The number of rotatable bonds is 4. The summed E-state index contributed by atoms with van der Waals surface area (Å²) in [4.78, 5) is 5.33. The Morgan fingerprint density at radius 2 is 0.939 bits per heavy atom. The van der Waals surface area contributed by atoms with E-state index in [9.17, 15) is 0 Å². The van der Waals surface area contributed by atoms with Crippen LogP contribution in [0, 0.1) is 0 Å². The number of benzene rings is 6. The van der Waals surface area contributed by atoms with Crippen LogP contribution < -0.4 is 26.2 Å². The van der Waals surface area contributed by atoms with Crippen molar-refractivity contribution in [2.75, 3.05) is 9.80 Å². The molecule has 0 saturated heterocycles. The van der Waals surface area contributed by atoms with Gasteiger partial charge < -0.3 is 9.80 Å². The molecule has 0 atom stereocenters. The zero-order valence-electron chi connectivity index (χ0n) is 43.9. The second-order valence-corrected chi connectivity index (χ2v) is 26.1. The first-order valence-corrected chi connectivity index (χ1v) is 25.0. The van der Waals surface area contributed by atoms with Gasteiger partial charge in [-0.15, -0.1) is 0 Å². The summed E-state index contributed by atoms with van der Waals surface area (Å²) < 4.78 is 0. The smallest absolute Gasteiger partial charge is 0.252 e. The van der Waals surface area contributed by atoms with E-state index in [4.69, 9.17) is 0 Å². The molecule has 0 fully saturated rings. The Bertz CT molecular complexity index is 2880. The quantitative estimate of drug-likeness (QED) is 0.163. The summed E-state index contributed by atoms with van der Waals surface area (Å²) in [5.41, 5.74) is 24.2. The van der Waals surface area contributed by atoms with Gasteiger partial charge in [-0.05, 0) is 161 Å². The zero-order valence-corrected chi connectivity index (χ0v) is 43.9. The molecule has 342 valence electrons. The lowest BCUT2D eigenvalue weighted by molar-refractivity contribution is 0.332. The van der Waals surface area contributed by atoms with Crippen molar-refractivity contribution in [2.24, 2.45) is 0 Å². The van der Waals surface area contributed by atoms with E-state index in [2.05, 4.69) is 244 Å². The van der Waals surface area contributed by atoms with Crippen LogP contribution in [0.1, 0.15) is 182 Å². The van der Waals surface area contributed by atoms with Gasteiger partial charge in [-0.2, -0.15) is 0 Å². The second-order valence-electron chi connectivity index (χ2n) is 26.1. The topological polar surface area (TPSA) is 6.48 Å². The molecule has 9 rings (SSSR count). The minimum Gasteiger partial charge on any atom is -0.311 e. The highest BCUT2D eigenvalue weighted by molar-refractivity contribution is 7.00. The SMILES string of the molecule is CC(C)c1cc2c3c(c1)N(c1ccc(C(C)(C)C)cc1-c1cccc(C(C)(C)C)c1)c1cc4c(cc1B3c1cc(C(C)(C)C)ccc1N2c1ccc(C(C)(C)C)cc1)C(C)(C)CCC4(C)C. The Balaban J connectivity index is 1.45. The van der Waals surface area contributed by atoms with Crippen molar-refractivity contribution in [1.29, 1.82) is 0 Å². The Morgan fingerprint density at radius 1 is 0.455 bits per heavy atom. The molecule has 3 aliphatic rings. The van der Waals surface area contributed by atoms with Crippen LogP contribution in [0.3, 0.4) is 0 Å². The van der Waals surface area contributed by atoms with Crippen molar-refractivity contribution in [1.82, 2.24) is 0 Å². The minimum absolute atomic E-state index is 0.0126. The molecule has 0 aromatic heterocycles. The molecule has 1 aliphatic carbocycles. The number of fused-ring (bicyclic) bond motifs is 5. The predicted molar refractivity (Wildman–Crippen MR) is 290 cm³/mol. The molecule has 0 bridgehead atoms. The molecule has 0 amide bonds. The van der Waals surface area contributed by atoms with Crippen LogP contribution in [-0.2, 0) is 32.5 Å². The monoisotopic (exact) mass is 873 g/mol. The summed E-state index contributed by atoms with van der Waals surface area (Å²) in [6, 6.07) is 44.1. The van der Waals surface area contributed by atoms with Gasteiger partial charge in [-0.1, -0.05) is 185 Å². The van der Waals surface area contributed by atoms with E-state index in [1.54, 1.807) is 0 Å². The molecule has 0 radical (unpaired) electrons.